The zero-order valence-corrected chi connectivity index (χ0v) is 15.8. The molecule has 0 saturated heterocycles. The molecule has 1 saturated carbocycles. The molecule has 6 nitrogen and oxygen atoms in total. The number of methoxy groups -OCH3 is 1. The summed E-state index contributed by atoms with van der Waals surface area (Å²) in [5.74, 6) is -1.23. The van der Waals surface area contributed by atoms with Crippen LogP contribution in [0.1, 0.15) is 40.4 Å². The van der Waals surface area contributed by atoms with E-state index in [-0.39, 0.29) is 22.8 Å². The fourth-order valence-electron chi connectivity index (χ4n) is 4.16. The highest BCUT2D eigenvalue weighted by atomic mass is 19.1. The van der Waals surface area contributed by atoms with Crippen LogP contribution in [0.25, 0.3) is 22.0 Å². The highest BCUT2D eigenvalue weighted by Crippen LogP contribution is 2.43. The van der Waals surface area contributed by atoms with E-state index in [0.29, 0.717) is 35.5 Å². The van der Waals surface area contributed by atoms with Crippen LogP contribution >= 0.6 is 0 Å². The molecule has 1 aliphatic carbocycles. The lowest BCUT2D eigenvalue weighted by atomic mass is 9.97. The van der Waals surface area contributed by atoms with Crippen LogP contribution in [0.4, 0.5) is 4.39 Å². The number of rotatable bonds is 4. The molecule has 2 N–H and O–H groups in total. The van der Waals surface area contributed by atoms with Crippen molar-refractivity contribution in [1.29, 1.82) is 0 Å². The van der Waals surface area contributed by atoms with E-state index in [1.807, 2.05) is 6.07 Å². The van der Waals surface area contributed by atoms with Crippen molar-refractivity contribution in [3.05, 3.63) is 63.2 Å². The first-order valence-corrected chi connectivity index (χ1v) is 9.51. The van der Waals surface area contributed by atoms with Crippen LogP contribution < -0.4 is 15.5 Å². The number of nitrogens with one attached hydrogen (secondary N) is 1. The largest absolute Gasteiger partial charge is 0.494 e. The topological polar surface area (TPSA) is 80.6 Å². The highest BCUT2D eigenvalue weighted by Gasteiger charge is 2.29. The molecule has 148 valence electrons. The van der Waals surface area contributed by atoms with E-state index in [4.69, 9.17) is 4.74 Å². The van der Waals surface area contributed by atoms with Gasteiger partial charge >= 0.3 is 5.97 Å². The first kappa shape index (κ1) is 17.9. The van der Waals surface area contributed by atoms with E-state index in [1.165, 1.54) is 19.4 Å². The van der Waals surface area contributed by atoms with Crippen LogP contribution in [0, 0.1) is 5.82 Å². The second-order valence-corrected chi connectivity index (χ2v) is 7.56. The summed E-state index contributed by atoms with van der Waals surface area (Å²) in [6.45, 7) is 1.31. The van der Waals surface area contributed by atoms with Crippen LogP contribution in [0.3, 0.4) is 0 Å². The molecule has 0 spiro atoms. The molecule has 1 aliphatic heterocycles. The predicted octanol–water partition coefficient (Wildman–Crippen LogP) is 3.45. The maximum absolute atomic E-state index is 14.9. The van der Waals surface area contributed by atoms with Crippen molar-refractivity contribution in [2.24, 2.45) is 0 Å². The van der Waals surface area contributed by atoms with E-state index in [2.05, 4.69) is 5.32 Å². The maximum atomic E-state index is 14.9. The molecule has 29 heavy (non-hydrogen) atoms. The zero-order valence-electron chi connectivity index (χ0n) is 15.8. The Labute approximate surface area is 165 Å². The molecule has 0 unspecified atom stereocenters. The number of aromatic nitrogens is 1. The monoisotopic (exact) mass is 394 g/mol. The number of benzene rings is 2. The number of carboxylic acids is 1. The van der Waals surface area contributed by atoms with E-state index < -0.39 is 11.4 Å². The van der Waals surface area contributed by atoms with E-state index in [9.17, 15) is 19.1 Å². The molecular formula is C22H19FN2O4. The van der Waals surface area contributed by atoms with E-state index in [0.717, 1.165) is 24.0 Å². The lowest BCUT2D eigenvalue weighted by Gasteiger charge is -2.18. The zero-order chi connectivity index (χ0) is 20.3. The molecule has 0 bridgehead atoms. The molecule has 5 rings (SSSR count). The molecule has 2 heterocycles. The summed E-state index contributed by atoms with van der Waals surface area (Å²) >= 11 is 0. The van der Waals surface area contributed by atoms with Crippen LogP contribution in [-0.4, -0.2) is 22.8 Å². The van der Waals surface area contributed by atoms with Gasteiger partial charge in [0.15, 0.2) is 5.75 Å². The standard InChI is InChI=1S/C22H19FN2O4/c1-29-21-14(16-6-11-8-24-9-12(11)7-18(16)23)4-5-15-19(21)25(13-2-3-13)10-17(20(15)26)22(27)28/h4-7,10,13,24H,2-3,8-9H2,1H3,(H,27,28). The fraction of sp³-hybridized carbons (Fsp3) is 0.273. The third-order valence-electron chi connectivity index (χ3n) is 5.73. The number of carbonyl (C=O) groups is 1. The Hall–Kier alpha value is -3.19. The van der Waals surface area contributed by atoms with Gasteiger partial charge in [0.25, 0.3) is 0 Å². The van der Waals surface area contributed by atoms with Gasteiger partial charge in [0.2, 0.25) is 5.43 Å². The summed E-state index contributed by atoms with van der Waals surface area (Å²) in [6.07, 6.45) is 3.17. The Morgan fingerprint density at radius 3 is 2.59 bits per heavy atom. The third-order valence-corrected chi connectivity index (χ3v) is 5.73. The minimum atomic E-state index is -1.26. The smallest absolute Gasteiger partial charge is 0.341 e. The van der Waals surface area contributed by atoms with Crippen molar-refractivity contribution in [1.82, 2.24) is 9.88 Å². The van der Waals surface area contributed by atoms with Gasteiger partial charge < -0.3 is 19.7 Å². The number of halogens is 1. The van der Waals surface area contributed by atoms with Gasteiger partial charge in [-0.05, 0) is 48.2 Å². The van der Waals surface area contributed by atoms with Crippen molar-refractivity contribution in [3.8, 4) is 16.9 Å². The van der Waals surface area contributed by atoms with Crippen molar-refractivity contribution < 1.29 is 19.0 Å². The Kier molecular flexibility index (Phi) is 3.96. The van der Waals surface area contributed by atoms with Crippen LogP contribution in [0.15, 0.2) is 35.3 Å². The van der Waals surface area contributed by atoms with Gasteiger partial charge in [-0.25, -0.2) is 9.18 Å². The number of hydrogen-bond acceptors (Lipinski definition) is 4. The minimum Gasteiger partial charge on any atom is -0.494 e. The number of ether oxygens (including phenoxy) is 1. The minimum absolute atomic E-state index is 0.106. The summed E-state index contributed by atoms with van der Waals surface area (Å²) in [6, 6.07) is 6.68. The normalized spacial score (nSPS) is 15.5. The van der Waals surface area contributed by atoms with Crippen LogP contribution in [0.5, 0.6) is 5.75 Å². The molecule has 2 aromatic carbocycles. The van der Waals surface area contributed by atoms with Gasteiger partial charge in [-0.15, -0.1) is 0 Å². The van der Waals surface area contributed by atoms with Gasteiger partial charge in [0.1, 0.15) is 11.4 Å². The Morgan fingerprint density at radius 1 is 1.21 bits per heavy atom. The van der Waals surface area contributed by atoms with Gasteiger partial charge in [-0.3, -0.25) is 4.79 Å². The molecular weight excluding hydrogens is 375 g/mol. The molecule has 3 aromatic rings. The number of hydrogen-bond donors (Lipinski definition) is 2. The molecule has 7 heteroatoms. The number of carboxylic acid groups (broad SMARTS) is 1. The molecule has 2 aliphatic rings. The van der Waals surface area contributed by atoms with Gasteiger partial charge in [0, 0.05) is 36.5 Å². The number of aromatic carboxylic acids is 1. The number of nitrogens with zero attached hydrogens (tertiary/aromatic N) is 1. The second-order valence-electron chi connectivity index (χ2n) is 7.56. The van der Waals surface area contributed by atoms with Crippen LogP contribution in [0.2, 0.25) is 0 Å². The highest BCUT2D eigenvalue weighted by molar-refractivity contribution is 5.97. The summed E-state index contributed by atoms with van der Waals surface area (Å²) in [7, 11) is 1.48. The maximum Gasteiger partial charge on any atom is 0.341 e. The molecule has 0 amide bonds. The van der Waals surface area contributed by atoms with Crippen molar-refractivity contribution >= 4 is 16.9 Å². The third kappa shape index (κ3) is 2.73. The molecule has 1 aromatic heterocycles. The average molecular weight is 394 g/mol. The molecule has 1 fully saturated rings. The lowest BCUT2D eigenvalue weighted by molar-refractivity contribution is 0.0695. The van der Waals surface area contributed by atoms with Gasteiger partial charge in [0.05, 0.1) is 18.0 Å². The Bertz CT molecular complexity index is 1240. The lowest BCUT2D eigenvalue weighted by Crippen LogP contribution is -2.19. The quantitative estimate of drug-likeness (QED) is 0.709. The molecule has 0 radical (unpaired) electrons. The predicted molar refractivity (Wildman–Crippen MR) is 106 cm³/mol. The summed E-state index contributed by atoms with van der Waals surface area (Å²) in [5.41, 5.74) is 2.60. The fourth-order valence-corrected chi connectivity index (χ4v) is 4.16. The van der Waals surface area contributed by atoms with E-state index >= 15 is 0 Å². The van der Waals surface area contributed by atoms with Crippen LogP contribution in [-0.2, 0) is 13.1 Å². The van der Waals surface area contributed by atoms with E-state index in [1.54, 1.807) is 16.7 Å². The second kappa shape index (κ2) is 6.42. The van der Waals surface area contributed by atoms with Gasteiger partial charge in [-0.1, -0.05) is 0 Å². The number of fused-ring (bicyclic) bond motifs is 2. The summed E-state index contributed by atoms with van der Waals surface area (Å²) < 4.78 is 22.4. The summed E-state index contributed by atoms with van der Waals surface area (Å²) in [5, 5.41) is 12.9. The first-order valence-electron chi connectivity index (χ1n) is 9.51. The SMILES string of the molecule is COc1c(-c2cc3c(cc2F)CNC3)ccc2c(=O)c(C(=O)O)cn(C3CC3)c12. The van der Waals surface area contributed by atoms with Crippen molar-refractivity contribution in [3.63, 3.8) is 0 Å². The van der Waals surface area contributed by atoms with Crippen molar-refractivity contribution in [2.75, 3.05) is 7.11 Å². The Balaban J connectivity index is 1.84. The average Bonchev–Trinajstić information content (AvgIpc) is 3.45. The summed E-state index contributed by atoms with van der Waals surface area (Å²) in [4.78, 5) is 24.3. The van der Waals surface area contributed by atoms with Crippen molar-refractivity contribution in [2.45, 2.75) is 32.0 Å². The number of pyridine rings is 1. The van der Waals surface area contributed by atoms with Gasteiger partial charge in [-0.2, -0.15) is 0 Å². The molecule has 0 atom stereocenters. The Morgan fingerprint density at radius 2 is 1.93 bits per heavy atom. The first-order chi connectivity index (χ1) is 14.0.